The van der Waals surface area contributed by atoms with Gasteiger partial charge in [-0.1, -0.05) is 19.4 Å². The number of hydrogen-bond donors (Lipinski definition) is 0. The summed E-state index contributed by atoms with van der Waals surface area (Å²) >= 11 is 0. The molecule has 8 nitrogen and oxygen atoms in total. The van der Waals surface area contributed by atoms with E-state index in [0.717, 1.165) is 18.4 Å². The Morgan fingerprint density at radius 3 is 2.21 bits per heavy atom. The van der Waals surface area contributed by atoms with Crippen molar-refractivity contribution in [3.05, 3.63) is 59.7 Å². The van der Waals surface area contributed by atoms with E-state index in [-0.39, 0.29) is 25.8 Å². The van der Waals surface area contributed by atoms with Crippen molar-refractivity contribution in [1.82, 2.24) is 0 Å². The van der Waals surface area contributed by atoms with Gasteiger partial charge in [0.15, 0.2) is 23.0 Å². The van der Waals surface area contributed by atoms with Gasteiger partial charge in [-0.2, -0.15) is 0 Å². The van der Waals surface area contributed by atoms with Crippen LogP contribution < -0.4 is 28.4 Å². The topological polar surface area (TPSA) is 81.7 Å². The van der Waals surface area contributed by atoms with Crippen LogP contribution in [0, 0.1) is 0 Å². The van der Waals surface area contributed by atoms with Gasteiger partial charge in [-0.3, -0.25) is 0 Å². The lowest BCUT2D eigenvalue weighted by Crippen LogP contribution is -2.09. The lowest BCUT2D eigenvalue weighted by Gasteiger charge is -2.17. The van der Waals surface area contributed by atoms with E-state index in [1.807, 2.05) is 6.07 Å². The molecule has 8 heteroatoms. The van der Waals surface area contributed by atoms with Gasteiger partial charge in [0, 0.05) is 12.1 Å². The summed E-state index contributed by atoms with van der Waals surface area (Å²) in [6.07, 6.45) is 1.68. The van der Waals surface area contributed by atoms with Gasteiger partial charge in [0.1, 0.15) is 28.6 Å². The normalized spacial score (nSPS) is 13.0. The second-order valence-corrected chi connectivity index (χ2v) is 7.63. The Labute approximate surface area is 196 Å². The quantitative estimate of drug-likeness (QED) is 0.384. The smallest absolute Gasteiger partial charge is 0.345 e. The van der Waals surface area contributed by atoms with Gasteiger partial charge in [0.05, 0.1) is 6.61 Å². The van der Waals surface area contributed by atoms with Crippen LogP contribution in [0.25, 0.3) is 0 Å². The summed E-state index contributed by atoms with van der Waals surface area (Å²) in [5.41, 5.74) is 1.13. The highest BCUT2D eigenvalue weighted by Crippen LogP contribution is 2.43. The molecule has 34 heavy (non-hydrogen) atoms. The number of carbonyl (C=O) groups is 1. The predicted octanol–water partition coefficient (Wildman–Crippen LogP) is 5.86. The molecule has 0 fully saturated rings. The van der Waals surface area contributed by atoms with E-state index in [4.69, 9.17) is 33.2 Å². The lowest BCUT2D eigenvalue weighted by atomic mass is 10.1. The van der Waals surface area contributed by atoms with E-state index >= 15 is 0 Å². The number of aryl methyl sites for hydroxylation is 1. The first kappa shape index (κ1) is 21.8. The number of hydrogen-bond acceptors (Lipinski definition) is 8. The fraction of sp³-hybridized carbons (Fsp3) is 0.269. The second kappa shape index (κ2) is 9.43. The first-order valence-electron chi connectivity index (χ1n) is 11.1. The molecule has 2 aliphatic rings. The minimum Gasteiger partial charge on any atom is -0.462 e. The van der Waals surface area contributed by atoms with E-state index in [9.17, 15) is 4.79 Å². The molecule has 176 valence electrons. The first-order chi connectivity index (χ1) is 16.7. The third-order valence-electron chi connectivity index (χ3n) is 5.33. The molecular formula is C26H24O8. The Morgan fingerprint density at radius 2 is 1.47 bits per heavy atom. The summed E-state index contributed by atoms with van der Waals surface area (Å²) in [4.78, 5) is 13.0. The summed E-state index contributed by atoms with van der Waals surface area (Å²) in [7, 11) is 0. The van der Waals surface area contributed by atoms with Crippen molar-refractivity contribution < 1.29 is 38.0 Å². The third kappa shape index (κ3) is 4.26. The average Bonchev–Trinajstić information content (AvgIpc) is 3.48. The molecule has 0 spiro atoms. The monoisotopic (exact) mass is 464 g/mol. The molecule has 0 radical (unpaired) electrons. The van der Waals surface area contributed by atoms with Gasteiger partial charge < -0.3 is 33.2 Å². The maximum absolute atomic E-state index is 13.0. The summed E-state index contributed by atoms with van der Waals surface area (Å²) in [6.45, 7) is 4.36. The third-order valence-corrected chi connectivity index (χ3v) is 5.33. The van der Waals surface area contributed by atoms with Crippen LogP contribution in [0.15, 0.2) is 48.5 Å². The van der Waals surface area contributed by atoms with Crippen LogP contribution in [0.3, 0.4) is 0 Å². The van der Waals surface area contributed by atoms with Gasteiger partial charge in [-0.15, -0.1) is 0 Å². The highest BCUT2D eigenvalue weighted by atomic mass is 16.7. The number of fused-ring (bicyclic) bond motifs is 2. The molecule has 0 saturated heterocycles. The van der Waals surface area contributed by atoms with Gasteiger partial charge in [0.25, 0.3) is 0 Å². The highest BCUT2D eigenvalue weighted by molar-refractivity contribution is 5.96. The van der Waals surface area contributed by atoms with Gasteiger partial charge in [-0.25, -0.2) is 4.79 Å². The van der Waals surface area contributed by atoms with Crippen LogP contribution in [0.4, 0.5) is 0 Å². The van der Waals surface area contributed by atoms with Crippen LogP contribution in [0.5, 0.6) is 46.0 Å². The van der Waals surface area contributed by atoms with Crippen molar-refractivity contribution in [2.45, 2.75) is 26.7 Å². The molecule has 3 aromatic rings. The summed E-state index contributed by atoms with van der Waals surface area (Å²) in [5.74, 6) is 3.63. The number of benzene rings is 3. The van der Waals surface area contributed by atoms with Crippen molar-refractivity contribution in [2.75, 3.05) is 20.2 Å². The molecule has 0 aromatic heterocycles. The molecule has 0 aliphatic carbocycles. The Hall–Kier alpha value is -4.07. The van der Waals surface area contributed by atoms with Gasteiger partial charge in [-0.05, 0) is 49.2 Å². The van der Waals surface area contributed by atoms with Crippen LogP contribution in [-0.2, 0) is 11.2 Å². The van der Waals surface area contributed by atoms with Crippen molar-refractivity contribution in [2.24, 2.45) is 0 Å². The fourth-order valence-electron chi connectivity index (χ4n) is 3.80. The highest BCUT2D eigenvalue weighted by Gasteiger charge is 2.24. The second-order valence-electron chi connectivity index (χ2n) is 7.63. The van der Waals surface area contributed by atoms with Gasteiger partial charge in [0.2, 0.25) is 13.6 Å². The standard InChI is InChI=1S/C26H24O8/c1-3-6-16-11-22-24(32-15-30-22)13-21(16)34-20-8-5-7-19(25(20)26(27)28-4-2)33-17-9-10-18-23(12-17)31-14-29-18/h5,7-13H,3-4,6,14-15H2,1-2H3. The van der Waals surface area contributed by atoms with Crippen molar-refractivity contribution in [1.29, 1.82) is 0 Å². The first-order valence-corrected chi connectivity index (χ1v) is 11.1. The maximum Gasteiger partial charge on any atom is 0.345 e. The van der Waals surface area contributed by atoms with E-state index in [1.165, 1.54) is 0 Å². The summed E-state index contributed by atoms with van der Waals surface area (Å²) in [5, 5.41) is 0. The molecule has 3 aromatic carbocycles. The van der Waals surface area contributed by atoms with Crippen LogP contribution >= 0.6 is 0 Å². The van der Waals surface area contributed by atoms with E-state index < -0.39 is 5.97 Å². The van der Waals surface area contributed by atoms with Crippen LogP contribution in [0.1, 0.15) is 36.2 Å². The fourth-order valence-corrected chi connectivity index (χ4v) is 3.80. The zero-order valence-corrected chi connectivity index (χ0v) is 18.9. The number of carbonyl (C=O) groups excluding carboxylic acids is 1. The zero-order chi connectivity index (χ0) is 23.5. The Kier molecular flexibility index (Phi) is 6.03. The summed E-state index contributed by atoms with van der Waals surface area (Å²) in [6, 6.07) is 14.1. The molecule has 0 bridgehead atoms. The number of esters is 1. The number of rotatable bonds is 8. The van der Waals surface area contributed by atoms with Crippen molar-refractivity contribution in [3.63, 3.8) is 0 Å². The van der Waals surface area contributed by atoms with E-state index in [2.05, 4.69) is 6.92 Å². The molecular weight excluding hydrogens is 440 g/mol. The average molecular weight is 464 g/mol. The molecule has 0 atom stereocenters. The maximum atomic E-state index is 13.0. The minimum absolute atomic E-state index is 0.159. The molecule has 0 N–H and O–H groups in total. The molecule has 2 aliphatic heterocycles. The zero-order valence-electron chi connectivity index (χ0n) is 18.9. The van der Waals surface area contributed by atoms with E-state index in [1.54, 1.807) is 49.4 Å². The minimum atomic E-state index is -0.549. The lowest BCUT2D eigenvalue weighted by molar-refractivity contribution is 0.0520. The molecule has 2 heterocycles. The molecule has 0 saturated carbocycles. The predicted molar refractivity (Wildman–Crippen MR) is 122 cm³/mol. The largest absolute Gasteiger partial charge is 0.462 e. The van der Waals surface area contributed by atoms with Gasteiger partial charge >= 0.3 is 5.97 Å². The SMILES string of the molecule is CCCc1cc2c(cc1Oc1cccc(Oc3ccc4c(c3)OCO4)c1C(=O)OCC)OCO2. The van der Waals surface area contributed by atoms with Crippen LogP contribution in [0.2, 0.25) is 0 Å². The Morgan fingerprint density at radius 1 is 0.794 bits per heavy atom. The molecule has 5 rings (SSSR count). The molecule has 0 unspecified atom stereocenters. The molecule has 0 amide bonds. The van der Waals surface area contributed by atoms with Crippen LogP contribution in [-0.4, -0.2) is 26.2 Å². The van der Waals surface area contributed by atoms with E-state index in [0.29, 0.717) is 46.0 Å². The van der Waals surface area contributed by atoms with Crippen molar-refractivity contribution in [3.8, 4) is 46.0 Å². The summed E-state index contributed by atoms with van der Waals surface area (Å²) < 4.78 is 39.5. The van der Waals surface area contributed by atoms with Crippen molar-refractivity contribution >= 4 is 5.97 Å². The number of ether oxygens (including phenoxy) is 7. The Balaban J connectivity index is 1.52. The Bertz CT molecular complexity index is 1220.